The first-order chi connectivity index (χ1) is 25.3. The number of nitrogens with one attached hydrogen (secondary N) is 5. The Morgan fingerprint density at radius 2 is 1.61 bits per heavy atom. The summed E-state index contributed by atoms with van der Waals surface area (Å²) in [6.07, 6.45) is -5.09. The summed E-state index contributed by atoms with van der Waals surface area (Å²) in [7, 11) is 0. The van der Waals surface area contributed by atoms with E-state index in [0.717, 1.165) is 11.1 Å². The summed E-state index contributed by atoms with van der Waals surface area (Å²) in [6, 6.07) is 2.11. The molecule has 1 fully saturated rings. The SMILES string of the molecule is C=CCNC(=O)C(=O)C(CCC(F)(F)F)NC(=O)[C@@H]1C(C(C)C)CCN1C(=O)[C@@H](NC(=O)N[C@H](COC(=O)NCC)C(C)(C)C)C1Cc2ccccc2C1. The Labute approximate surface area is 314 Å². The molecule has 300 valence electrons. The summed E-state index contributed by atoms with van der Waals surface area (Å²) >= 11 is 0. The first kappa shape index (κ1) is 43.8. The van der Waals surface area contributed by atoms with Crippen LogP contribution in [0.25, 0.3) is 0 Å². The zero-order valence-corrected chi connectivity index (χ0v) is 31.9. The van der Waals surface area contributed by atoms with E-state index < -0.39 is 96.1 Å². The molecule has 1 aromatic carbocycles. The molecule has 0 aromatic heterocycles. The van der Waals surface area contributed by atoms with E-state index in [4.69, 9.17) is 4.74 Å². The molecule has 3 rings (SSSR count). The number of fused-ring (bicyclic) bond motifs is 1. The van der Waals surface area contributed by atoms with E-state index in [-0.39, 0.29) is 25.6 Å². The number of hydrogen-bond acceptors (Lipinski definition) is 7. The number of amides is 6. The van der Waals surface area contributed by atoms with Crippen LogP contribution >= 0.6 is 0 Å². The number of hydrogen-bond donors (Lipinski definition) is 5. The number of nitrogens with zero attached hydrogens (tertiary/aromatic N) is 1. The Hall–Kier alpha value is -4.63. The van der Waals surface area contributed by atoms with E-state index >= 15 is 0 Å². The number of halogens is 3. The lowest BCUT2D eigenvalue weighted by molar-refractivity contribution is -0.147. The molecule has 1 heterocycles. The van der Waals surface area contributed by atoms with Crippen LogP contribution in [-0.2, 0) is 36.8 Å². The smallest absolute Gasteiger partial charge is 0.407 e. The quantitative estimate of drug-likeness (QED) is 0.126. The second kappa shape index (κ2) is 19.1. The molecule has 0 radical (unpaired) electrons. The van der Waals surface area contributed by atoms with Crippen molar-refractivity contribution in [3.05, 3.63) is 48.0 Å². The molecule has 1 aliphatic carbocycles. The number of likely N-dealkylation sites (tertiary alicyclic amines) is 1. The number of carbonyl (C=O) groups excluding carboxylic acids is 6. The Kier molecular flexibility index (Phi) is 15.5. The van der Waals surface area contributed by atoms with Crippen molar-refractivity contribution in [3.63, 3.8) is 0 Å². The fourth-order valence-electron chi connectivity index (χ4n) is 6.93. The lowest BCUT2D eigenvalue weighted by Gasteiger charge is -2.35. The van der Waals surface area contributed by atoms with Gasteiger partial charge in [-0.05, 0) is 66.9 Å². The van der Waals surface area contributed by atoms with Gasteiger partial charge in [0.1, 0.15) is 18.7 Å². The predicted molar refractivity (Wildman–Crippen MR) is 195 cm³/mol. The molecule has 0 bridgehead atoms. The fourth-order valence-corrected chi connectivity index (χ4v) is 6.93. The van der Waals surface area contributed by atoms with Gasteiger partial charge >= 0.3 is 18.3 Å². The highest BCUT2D eigenvalue weighted by Crippen LogP contribution is 2.35. The number of benzene rings is 1. The van der Waals surface area contributed by atoms with Crippen molar-refractivity contribution < 1.29 is 46.7 Å². The van der Waals surface area contributed by atoms with Crippen molar-refractivity contribution in [2.24, 2.45) is 23.2 Å². The zero-order valence-electron chi connectivity index (χ0n) is 31.9. The Bertz CT molecular complexity index is 1500. The summed E-state index contributed by atoms with van der Waals surface area (Å²) in [4.78, 5) is 81.5. The van der Waals surface area contributed by atoms with Crippen LogP contribution in [0, 0.1) is 23.2 Å². The van der Waals surface area contributed by atoms with Crippen molar-refractivity contribution in [2.75, 3.05) is 26.2 Å². The monoisotopic (exact) mass is 764 g/mol. The summed E-state index contributed by atoms with van der Waals surface area (Å²) in [5.41, 5.74) is 1.43. The van der Waals surface area contributed by atoms with Gasteiger partial charge in [0.2, 0.25) is 17.6 Å². The molecule has 1 aromatic rings. The topological polar surface area (TPSA) is 175 Å². The van der Waals surface area contributed by atoms with Crippen LogP contribution < -0.4 is 26.6 Å². The molecular weight excluding hydrogens is 709 g/mol. The van der Waals surface area contributed by atoms with Gasteiger partial charge in [0.15, 0.2) is 0 Å². The number of alkyl carbamates (subject to hydrolysis) is 1. The fraction of sp³-hybridized carbons (Fsp3) is 0.632. The Balaban J connectivity index is 1.94. The van der Waals surface area contributed by atoms with Crippen LogP contribution in [0.5, 0.6) is 0 Å². The van der Waals surface area contributed by atoms with Crippen molar-refractivity contribution in [2.45, 2.75) is 104 Å². The highest BCUT2D eigenvalue weighted by molar-refractivity contribution is 6.38. The van der Waals surface area contributed by atoms with Gasteiger partial charge in [-0.2, -0.15) is 13.2 Å². The van der Waals surface area contributed by atoms with Gasteiger partial charge < -0.3 is 36.2 Å². The van der Waals surface area contributed by atoms with E-state index in [1.165, 1.54) is 11.0 Å². The average molecular weight is 765 g/mol. The highest BCUT2D eigenvalue weighted by Gasteiger charge is 2.48. The molecule has 1 saturated heterocycles. The summed E-state index contributed by atoms with van der Waals surface area (Å²) < 4.78 is 45.2. The maximum Gasteiger partial charge on any atom is 0.407 e. The number of ether oxygens (including phenoxy) is 1. The van der Waals surface area contributed by atoms with Crippen LogP contribution in [0.15, 0.2) is 36.9 Å². The molecule has 5 N–H and O–H groups in total. The van der Waals surface area contributed by atoms with Crippen molar-refractivity contribution in [3.8, 4) is 0 Å². The van der Waals surface area contributed by atoms with Gasteiger partial charge in [0.25, 0.3) is 5.91 Å². The molecule has 0 saturated carbocycles. The van der Waals surface area contributed by atoms with Gasteiger partial charge in [-0.3, -0.25) is 19.2 Å². The summed E-state index contributed by atoms with van der Waals surface area (Å²) in [6.45, 7) is 14.6. The minimum atomic E-state index is -4.67. The van der Waals surface area contributed by atoms with Crippen molar-refractivity contribution >= 4 is 35.6 Å². The predicted octanol–water partition coefficient (Wildman–Crippen LogP) is 3.80. The summed E-state index contributed by atoms with van der Waals surface area (Å²) in [5, 5.41) is 12.9. The maximum atomic E-state index is 14.7. The first-order valence-corrected chi connectivity index (χ1v) is 18.4. The van der Waals surface area contributed by atoms with E-state index in [1.807, 2.05) is 58.9 Å². The number of carbonyl (C=O) groups is 6. The molecule has 16 heteroatoms. The third-order valence-electron chi connectivity index (χ3n) is 9.99. The molecule has 0 spiro atoms. The molecule has 54 heavy (non-hydrogen) atoms. The van der Waals surface area contributed by atoms with Crippen molar-refractivity contribution in [1.82, 2.24) is 31.5 Å². The minimum absolute atomic E-state index is 0.102. The largest absolute Gasteiger partial charge is 0.447 e. The molecular formula is C38H55F3N6O7. The van der Waals surface area contributed by atoms with Gasteiger partial charge in [-0.15, -0.1) is 6.58 Å². The Morgan fingerprint density at radius 3 is 2.15 bits per heavy atom. The lowest BCUT2D eigenvalue weighted by atomic mass is 9.87. The minimum Gasteiger partial charge on any atom is -0.447 e. The Morgan fingerprint density at radius 1 is 0.981 bits per heavy atom. The third kappa shape index (κ3) is 12.2. The summed E-state index contributed by atoms with van der Waals surface area (Å²) in [5.74, 6) is -4.91. The first-order valence-electron chi connectivity index (χ1n) is 18.4. The second-order valence-electron chi connectivity index (χ2n) is 15.3. The van der Waals surface area contributed by atoms with E-state index in [9.17, 15) is 41.9 Å². The maximum absolute atomic E-state index is 14.7. The van der Waals surface area contributed by atoms with Gasteiger partial charge in [-0.25, -0.2) is 9.59 Å². The van der Waals surface area contributed by atoms with E-state index in [1.54, 1.807) is 6.92 Å². The van der Waals surface area contributed by atoms with Crippen molar-refractivity contribution in [1.29, 1.82) is 0 Å². The van der Waals surface area contributed by atoms with Crippen LogP contribution in [-0.4, -0.2) is 97.1 Å². The molecule has 6 amide bonds. The van der Waals surface area contributed by atoms with Crippen LogP contribution in [0.2, 0.25) is 0 Å². The number of urea groups is 1. The second-order valence-corrected chi connectivity index (χ2v) is 15.3. The van der Waals surface area contributed by atoms with Gasteiger partial charge in [-0.1, -0.05) is 65.0 Å². The number of ketones is 1. The average Bonchev–Trinajstić information content (AvgIpc) is 3.74. The zero-order chi connectivity index (χ0) is 40.4. The van der Waals surface area contributed by atoms with Crippen LogP contribution in [0.4, 0.5) is 22.8 Å². The molecule has 5 atom stereocenters. The molecule has 2 aliphatic rings. The van der Waals surface area contributed by atoms with Crippen LogP contribution in [0.1, 0.15) is 71.9 Å². The van der Waals surface area contributed by atoms with E-state index in [0.29, 0.717) is 25.8 Å². The van der Waals surface area contributed by atoms with Gasteiger partial charge in [0.05, 0.1) is 12.1 Å². The van der Waals surface area contributed by atoms with Crippen LogP contribution in [0.3, 0.4) is 0 Å². The molecule has 1 aliphatic heterocycles. The number of alkyl halides is 3. The van der Waals surface area contributed by atoms with Gasteiger partial charge in [0, 0.05) is 26.1 Å². The normalized spacial score (nSPS) is 18.9. The number of Topliss-reactive ketones (excluding diaryl/α,β-unsaturated/α-hetero) is 1. The third-order valence-corrected chi connectivity index (χ3v) is 9.99. The standard InChI is InChI=1S/C38H55F3N6O7/c1-8-17-43-33(50)31(48)27(14-16-38(39,40)41)44-32(49)30-26(22(3)4)15-18-47(30)34(51)29(25-19-23-12-10-11-13-24(23)20-25)46-35(52)45-28(37(5,6)7)21-54-36(53)42-9-2/h8,10-13,22,25-30H,1,9,14-21H2,2-7H3,(H,42,53)(H,43,50)(H,44,49)(H2,45,46,52)/t26?,27?,28-,29+,30+/m1/s1. The molecule has 13 nitrogen and oxygen atoms in total. The lowest BCUT2D eigenvalue weighted by Crippen LogP contribution is -2.61. The van der Waals surface area contributed by atoms with E-state index in [2.05, 4.69) is 33.2 Å². The highest BCUT2D eigenvalue weighted by atomic mass is 19.4. The molecule has 2 unspecified atom stereocenters. The number of rotatable bonds is 16.